The van der Waals surface area contributed by atoms with Gasteiger partial charge in [-0.3, -0.25) is 0 Å². The average Bonchev–Trinajstić information content (AvgIpc) is 3.95. The predicted octanol–water partition coefficient (Wildman–Crippen LogP) is 17.9. The number of aromatic nitrogens is 5. The number of benzene rings is 10. The first-order valence-corrected chi connectivity index (χ1v) is 25.6. The standard InChI is InChI=1S/C69H53N5/c1-6-47-27-34-65(74-63-24-16-14-22-56(63)61-41-51(29-36-66(61)74)54-32-26-44(3)38-46(54)5)59(39-47)58-42-52(30-33-57(58)69-71-67(48-17-9-7-10-18-48)70-68(72-69)49-19-11-8-12-20-49)73-62-23-15-13-21-55(62)60-40-50(28-35-64(60)73)53-31-25-43(2)37-45(53)4/h7-42H,6H2,1-5H3. The normalized spacial score (nSPS) is 11.6. The van der Waals surface area contributed by atoms with E-state index in [4.69, 9.17) is 15.0 Å². The summed E-state index contributed by atoms with van der Waals surface area (Å²) in [5.74, 6) is 1.85. The third-order valence-electron chi connectivity index (χ3n) is 14.9. The van der Waals surface area contributed by atoms with Crippen molar-refractivity contribution >= 4 is 43.6 Å². The van der Waals surface area contributed by atoms with Gasteiger partial charge in [-0.25, -0.2) is 15.0 Å². The maximum Gasteiger partial charge on any atom is 0.164 e. The van der Waals surface area contributed by atoms with Gasteiger partial charge in [0, 0.05) is 49.5 Å². The van der Waals surface area contributed by atoms with E-state index in [9.17, 15) is 0 Å². The molecule has 13 aromatic rings. The Bertz CT molecular complexity index is 4270. The van der Waals surface area contributed by atoms with Crippen molar-refractivity contribution < 1.29 is 0 Å². The van der Waals surface area contributed by atoms with Gasteiger partial charge in [0.25, 0.3) is 0 Å². The molecule has 0 radical (unpaired) electrons. The molecule has 5 nitrogen and oxygen atoms in total. The van der Waals surface area contributed by atoms with Crippen LogP contribution in [0.15, 0.2) is 218 Å². The molecule has 3 aromatic heterocycles. The highest BCUT2D eigenvalue weighted by atomic mass is 15.0. The van der Waals surface area contributed by atoms with E-state index in [2.05, 4.69) is 226 Å². The molecular formula is C69H53N5. The van der Waals surface area contributed by atoms with Crippen LogP contribution in [0.2, 0.25) is 0 Å². The smallest absolute Gasteiger partial charge is 0.164 e. The molecule has 0 saturated carbocycles. The number of aryl methyl sites for hydroxylation is 5. The molecule has 0 spiro atoms. The zero-order valence-corrected chi connectivity index (χ0v) is 42.2. The molecule has 0 N–H and O–H groups in total. The molecule has 3 heterocycles. The minimum atomic E-state index is 0.604. The number of fused-ring (bicyclic) bond motifs is 6. The van der Waals surface area contributed by atoms with Gasteiger partial charge in [0.05, 0.1) is 27.8 Å². The highest BCUT2D eigenvalue weighted by Gasteiger charge is 2.24. The molecule has 0 aliphatic carbocycles. The minimum Gasteiger partial charge on any atom is -0.309 e. The van der Waals surface area contributed by atoms with Gasteiger partial charge in [0.1, 0.15) is 0 Å². The molecule has 0 saturated heterocycles. The molecule has 0 unspecified atom stereocenters. The van der Waals surface area contributed by atoms with Crippen LogP contribution in [0.5, 0.6) is 0 Å². The minimum absolute atomic E-state index is 0.604. The molecule has 0 aliphatic rings. The Hall–Kier alpha value is -9.19. The zero-order chi connectivity index (χ0) is 50.0. The van der Waals surface area contributed by atoms with Crippen molar-refractivity contribution in [1.82, 2.24) is 24.1 Å². The molecule has 74 heavy (non-hydrogen) atoms. The summed E-state index contributed by atoms with van der Waals surface area (Å²) in [7, 11) is 0. The number of para-hydroxylation sites is 2. The van der Waals surface area contributed by atoms with Gasteiger partial charge in [0.2, 0.25) is 0 Å². The number of rotatable bonds is 9. The Kier molecular flexibility index (Phi) is 11.0. The summed E-state index contributed by atoms with van der Waals surface area (Å²) in [6, 6.07) is 79.4. The summed E-state index contributed by atoms with van der Waals surface area (Å²) in [5, 5.41) is 4.83. The van der Waals surface area contributed by atoms with Gasteiger partial charge in [-0.15, -0.1) is 0 Å². The summed E-state index contributed by atoms with van der Waals surface area (Å²) in [5.41, 5.74) is 22.8. The average molecular weight is 952 g/mol. The van der Waals surface area contributed by atoms with Gasteiger partial charge in [0.15, 0.2) is 17.5 Å². The summed E-state index contributed by atoms with van der Waals surface area (Å²) in [4.78, 5) is 15.9. The largest absolute Gasteiger partial charge is 0.309 e. The maximum atomic E-state index is 5.38. The van der Waals surface area contributed by atoms with E-state index in [1.165, 1.54) is 71.6 Å². The summed E-state index contributed by atoms with van der Waals surface area (Å²) in [6.45, 7) is 11.0. The van der Waals surface area contributed by atoms with Crippen LogP contribution < -0.4 is 0 Å². The molecule has 0 amide bonds. The molecule has 0 atom stereocenters. The lowest BCUT2D eigenvalue weighted by Crippen LogP contribution is -2.04. The highest BCUT2D eigenvalue weighted by molar-refractivity contribution is 6.12. The Morgan fingerprint density at radius 2 is 0.811 bits per heavy atom. The molecular weight excluding hydrogens is 899 g/mol. The van der Waals surface area contributed by atoms with Crippen LogP contribution in [-0.4, -0.2) is 24.1 Å². The molecule has 13 rings (SSSR count). The van der Waals surface area contributed by atoms with E-state index >= 15 is 0 Å². The van der Waals surface area contributed by atoms with E-state index in [1.54, 1.807) is 0 Å². The Balaban J connectivity index is 1.10. The summed E-state index contributed by atoms with van der Waals surface area (Å²) < 4.78 is 4.90. The summed E-state index contributed by atoms with van der Waals surface area (Å²) in [6.07, 6.45) is 0.868. The van der Waals surface area contributed by atoms with Gasteiger partial charge in [-0.1, -0.05) is 170 Å². The first-order valence-electron chi connectivity index (χ1n) is 25.6. The van der Waals surface area contributed by atoms with Crippen molar-refractivity contribution in [3.8, 4) is 78.9 Å². The summed E-state index contributed by atoms with van der Waals surface area (Å²) >= 11 is 0. The van der Waals surface area contributed by atoms with Crippen molar-refractivity contribution in [2.24, 2.45) is 0 Å². The lowest BCUT2D eigenvalue weighted by atomic mass is 9.94. The third kappa shape index (κ3) is 7.68. The molecule has 5 heteroatoms. The van der Waals surface area contributed by atoms with Gasteiger partial charge < -0.3 is 9.13 Å². The highest BCUT2D eigenvalue weighted by Crippen LogP contribution is 2.44. The topological polar surface area (TPSA) is 48.5 Å². The Morgan fingerprint density at radius 3 is 1.36 bits per heavy atom. The van der Waals surface area contributed by atoms with Crippen LogP contribution in [0.4, 0.5) is 0 Å². The quantitative estimate of drug-likeness (QED) is 0.145. The van der Waals surface area contributed by atoms with Crippen molar-refractivity contribution in [3.05, 3.63) is 246 Å². The van der Waals surface area contributed by atoms with Gasteiger partial charge in [-0.2, -0.15) is 0 Å². The molecule has 0 fully saturated rings. The Morgan fingerprint density at radius 1 is 0.324 bits per heavy atom. The van der Waals surface area contributed by atoms with E-state index < -0.39 is 0 Å². The second-order valence-electron chi connectivity index (χ2n) is 19.8. The van der Waals surface area contributed by atoms with Gasteiger partial charge in [-0.05, 0) is 145 Å². The van der Waals surface area contributed by atoms with E-state index in [1.807, 2.05) is 36.4 Å². The van der Waals surface area contributed by atoms with E-state index in [0.29, 0.717) is 17.5 Å². The second kappa shape index (κ2) is 18.1. The monoisotopic (exact) mass is 951 g/mol. The predicted molar refractivity (Wildman–Crippen MR) is 309 cm³/mol. The van der Waals surface area contributed by atoms with Crippen LogP contribution >= 0.6 is 0 Å². The van der Waals surface area contributed by atoms with E-state index in [0.717, 1.165) is 67.7 Å². The molecule has 0 aliphatic heterocycles. The van der Waals surface area contributed by atoms with Crippen LogP contribution in [0, 0.1) is 27.7 Å². The number of nitrogens with zero attached hydrogens (tertiary/aromatic N) is 5. The number of hydrogen-bond donors (Lipinski definition) is 0. The van der Waals surface area contributed by atoms with Crippen molar-refractivity contribution in [2.75, 3.05) is 0 Å². The SMILES string of the molecule is CCc1ccc(-n2c3ccccc3c3cc(-c4ccc(C)cc4C)ccc32)c(-c2cc(-n3c4ccccc4c4cc(-c5ccc(C)cc5C)ccc43)ccc2-c2nc(-c3ccccc3)nc(-c3ccccc3)n2)c1. The zero-order valence-electron chi connectivity index (χ0n) is 42.2. The molecule has 354 valence electrons. The first kappa shape index (κ1) is 44.7. The van der Waals surface area contributed by atoms with Crippen molar-refractivity contribution in [1.29, 1.82) is 0 Å². The third-order valence-corrected chi connectivity index (χ3v) is 14.9. The first-order chi connectivity index (χ1) is 36.3. The molecule has 0 bridgehead atoms. The van der Waals surface area contributed by atoms with E-state index in [-0.39, 0.29) is 0 Å². The van der Waals surface area contributed by atoms with Crippen LogP contribution in [-0.2, 0) is 6.42 Å². The fourth-order valence-electron chi connectivity index (χ4n) is 11.3. The maximum absolute atomic E-state index is 5.38. The second-order valence-corrected chi connectivity index (χ2v) is 19.8. The van der Waals surface area contributed by atoms with Crippen molar-refractivity contribution in [2.45, 2.75) is 41.0 Å². The van der Waals surface area contributed by atoms with Crippen LogP contribution in [0.3, 0.4) is 0 Å². The fraction of sp³-hybridized carbons (Fsp3) is 0.0870. The lowest BCUT2D eigenvalue weighted by Gasteiger charge is -2.20. The van der Waals surface area contributed by atoms with Crippen LogP contribution in [0.25, 0.3) is 123 Å². The molecule has 10 aromatic carbocycles. The lowest BCUT2D eigenvalue weighted by molar-refractivity contribution is 1.07. The number of hydrogen-bond acceptors (Lipinski definition) is 3. The van der Waals surface area contributed by atoms with Gasteiger partial charge >= 0.3 is 0 Å². The Labute approximate surface area is 431 Å². The van der Waals surface area contributed by atoms with Crippen molar-refractivity contribution in [3.63, 3.8) is 0 Å². The van der Waals surface area contributed by atoms with Crippen LogP contribution in [0.1, 0.15) is 34.7 Å². The fourth-order valence-corrected chi connectivity index (χ4v) is 11.3.